The second kappa shape index (κ2) is 6.34. The van der Waals surface area contributed by atoms with Crippen molar-refractivity contribution in [2.24, 2.45) is 16.7 Å². The average Bonchev–Trinajstić information content (AvgIpc) is 2.84. The van der Waals surface area contributed by atoms with Crippen LogP contribution in [-0.2, 0) is 14.2 Å². The predicted octanol–water partition coefficient (Wildman–Crippen LogP) is -0.852. The van der Waals surface area contributed by atoms with Gasteiger partial charge in [0.2, 0.25) is 0 Å². The molecule has 4 rings (SSSR count). The summed E-state index contributed by atoms with van der Waals surface area (Å²) in [5, 5.41) is 49.9. The third kappa shape index (κ3) is 2.58. The molecule has 2 heterocycles. The fraction of sp³-hybridized carbons (Fsp3) is 1.00. The quantitative estimate of drug-likeness (QED) is 0.421. The van der Waals surface area contributed by atoms with Crippen molar-refractivity contribution in [1.29, 1.82) is 0 Å². The van der Waals surface area contributed by atoms with Crippen molar-refractivity contribution in [3.63, 3.8) is 0 Å². The van der Waals surface area contributed by atoms with Crippen LogP contribution in [0.15, 0.2) is 0 Å². The minimum atomic E-state index is -1.46. The predicted molar refractivity (Wildman–Crippen MR) is 92.6 cm³/mol. The minimum absolute atomic E-state index is 0.000658. The van der Waals surface area contributed by atoms with Gasteiger partial charge in [-0.15, -0.1) is 0 Å². The number of aliphatic hydroxyl groups excluding tert-OH is 5. The zero-order chi connectivity index (χ0) is 19.8. The maximum absolute atomic E-state index is 10.5. The molecular weight excluding hydrogens is 356 g/mol. The standard InChI is InChI=1S/C19H32O8/c1-17(2)6-9(21)15-18(3)11(17)4-5-19(18,27-15)8-25-16-14(24)13(23)12(22)10(7-20)26-16/h9-16,20-24H,4-8H2,1-3H3/t9?,10-,11?,12-,13+,14-,15+,16+,18-,19+/m1/s1. The Labute approximate surface area is 159 Å². The summed E-state index contributed by atoms with van der Waals surface area (Å²) in [5.41, 5.74) is -0.804. The fourth-order valence-corrected chi connectivity index (χ4v) is 6.37. The van der Waals surface area contributed by atoms with Gasteiger partial charge < -0.3 is 39.7 Å². The molecule has 0 aromatic heterocycles. The Morgan fingerprint density at radius 2 is 1.74 bits per heavy atom. The first-order valence-corrected chi connectivity index (χ1v) is 9.85. The van der Waals surface area contributed by atoms with Crippen molar-refractivity contribution >= 4 is 0 Å². The van der Waals surface area contributed by atoms with Crippen molar-refractivity contribution in [2.45, 2.75) is 88.5 Å². The molecule has 4 fully saturated rings. The molecule has 0 aromatic carbocycles. The van der Waals surface area contributed by atoms with E-state index >= 15 is 0 Å². The summed E-state index contributed by atoms with van der Waals surface area (Å²) in [5.74, 6) is 0.394. The number of aliphatic hydroxyl groups is 5. The molecule has 0 amide bonds. The van der Waals surface area contributed by atoms with Crippen LogP contribution in [0.2, 0.25) is 0 Å². The molecule has 0 spiro atoms. The van der Waals surface area contributed by atoms with Crippen LogP contribution in [0.1, 0.15) is 40.0 Å². The van der Waals surface area contributed by atoms with Crippen LogP contribution in [0.25, 0.3) is 0 Å². The average molecular weight is 388 g/mol. The second-order valence-electron chi connectivity index (χ2n) is 9.68. The molecule has 0 bridgehead atoms. The van der Waals surface area contributed by atoms with Gasteiger partial charge in [-0.2, -0.15) is 0 Å². The molecule has 2 unspecified atom stereocenters. The molecule has 2 saturated heterocycles. The lowest BCUT2D eigenvalue weighted by Gasteiger charge is -2.67. The molecule has 27 heavy (non-hydrogen) atoms. The molecule has 4 aliphatic rings. The van der Waals surface area contributed by atoms with Gasteiger partial charge in [-0.1, -0.05) is 20.8 Å². The summed E-state index contributed by atoms with van der Waals surface area (Å²) in [6, 6.07) is 0. The minimum Gasteiger partial charge on any atom is -0.394 e. The molecular formula is C19H32O8. The Balaban J connectivity index is 1.49. The third-order valence-corrected chi connectivity index (χ3v) is 7.84. The van der Waals surface area contributed by atoms with Crippen molar-refractivity contribution in [3.8, 4) is 0 Å². The first-order chi connectivity index (χ1) is 12.6. The molecule has 2 aliphatic carbocycles. The van der Waals surface area contributed by atoms with E-state index in [1.807, 2.05) is 0 Å². The highest BCUT2D eigenvalue weighted by Crippen LogP contribution is 2.71. The molecule has 8 heteroatoms. The molecule has 0 aromatic rings. The highest BCUT2D eigenvalue weighted by atomic mass is 16.7. The van der Waals surface area contributed by atoms with Gasteiger partial charge in [0.05, 0.1) is 25.4 Å². The van der Waals surface area contributed by atoms with Crippen LogP contribution in [0, 0.1) is 16.7 Å². The lowest BCUT2D eigenvalue weighted by molar-refractivity contribution is -0.386. The van der Waals surface area contributed by atoms with E-state index in [1.54, 1.807) is 0 Å². The van der Waals surface area contributed by atoms with Crippen LogP contribution in [0.4, 0.5) is 0 Å². The Kier molecular flexibility index (Phi) is 4.69. The van der Waals surface area contributed by atoms with Crippen molar-refractivity contribution in [1.82, 2.24) is 0 Å². The molecule has 0 radical (unpaired) electrons. The SMILES string of the molecule is CC1(C)CC(O)[C@@H]2O[C@]3(CO[C@H]4O[C@H](CO)[C@@H](O)[C@H](O)[C@H]4O)CCC1[C@]23C. The zero-order valence-corrected chi connectivity index (χ0v) is 16.1. The first kappa shape index (κ1) is 20.0. The van der Waals surface area contributed by atoms with E-state index in [0.717, 1.165) is 12.8 Å². The van der Waals surface area contributed by atoms with Crippen molar-refractivity contribution in [3.05, 3.63) is 0 Å². The van der Waals surface area contributed by atoms with Gasteiger partial charge >= 0.3 is 0 Å². The molecule has 156 valence electrons. The summed E-state index contributed by atoms with van der Waals surface area (Å²) in [7, 11) is 0. The molecule has 10 atom stereocenters. The molecule has 2 aliphatic heterocycles. The Morgan fingerprint density at radius 3 is 2.41 bits per heavy atom. The van der Waals surface area contributed by atoms with E-state index in [2.05, 4.69) is 20.8 Å². The van der Waals surface area contributed by atoms with E-state index in [9.17, 15) is 25.5 Å². The summed E-state index contributed by atoms with van der Waals surface area (Å²) < 4.78 is 17.5. The van der Waals surface area contributed by atoms with Gasteiger partial charge in [-0.3, -0.25) is 0 Å². The maximum Gasteiger partial charge on any atom is 0.186 e. The summed E-state index contributed by atoms with van der Waals surface area (Å²) >= 11 is 0. The second-order valence-corrected chi connectivity index (χ2v) is 9.68. The highest BCUT2D eigenvalue weighted by Gasteiger charge is 2.76. The van der Waals surface area contributed by atoms with Crippen molar-refractivity contribution in [2.75, 3.05) is 13.2 Å². The van der Waals surface area contributed by atoms with Gasteiger partial charge in [-0.05, 0) is 30.6 Å². The lowest BCUT2D eigenvalue weighted by Crippen LogP contribution is -2.75. The van der Waals surface area contributed by atoms with Crippen LogP contribution < -0.4 is 0 Å². The summed E-state index contributed by atoms with van der Waals surface area (Å²) in [6.45, 7) is 6.20. The monoisotopic (exact) mass is 388 g/mol. The van der Waals surface area contributed by atoms with Gasteiger partial charge in [0.25, 0.3) is 0 Å². The Bertz CT molecular complexity index is 582. The number of ether oxygens (including phenoxy) is 3. The third-order valence-electron chi connectivity index (χ3n) is 7.84. The Morgan fingerprint density at radius 1 is 1.04 bits per heavy atom. The van der Waals surface area contributed by atoms with Crippen LogP contribution in [-0.4, -0.2) is 87.3 Å². The Hall–Kier alpha value is -0.320. The number of rotatable bonds is 4. The highest BCUT2D eigenvalue weighted by molar-refractivity contribution is 5.24. The van der Waals surface area contributed by atoms with Gasteiger partial charge in [0, 0.05) is 5.41 Å². The van der Waals surface area contributed by atoms with Crippen molar-refractivity contribution < 1.29 is 39.7 Å². The molecule has 8 nitrogen and oxygen atoms in total. The van der Waals surface area contributed by atoms with Gasteiger partial charge in [0.1, 0.15) is 30.0 Å². The van der Waals surface area contributed by atoms with Gasteiger partial charge in [-0.25, -0.2) is 0 Å². The summed E-state index contributed by atoms with van der Waals surface area (Å²) in [6.07, 6.45) is -4.72. The zero-order valence-electron chi connectivity index (χ0n) is 16.1. The largest absolute Gasteiger partial charge is 0.394 e. The van der Waals surface area contributed by atoms with Gasteiger partial charge in [0.15, 0.2) is 6.29 Å². The lowest BCUT2D eigenvalue weighted by atomic mass is 9.50. The normalized spacial score (nSPS) is 56.4. The van der Waals surface area contributed by atoms with E-state index in [0.29, 0.717) is 12.3 Å². The molecule has 5 N–H and O–H groups in total. The van der Waals surface area contributed by atoms with Crippen LogP contribution in [0.5, 0.6) is 0 Å². The fourth-order valence-electron chi connectivity index (χ4n) is 6.37. The topological polar surface area (TPSA) is 129 Å². The van der Waals surface area contributed by atoms with E-state index < -0.39 is 49.0 Å². The maximum atomic E-state index is 10.5. The van der Waals surface area contributed by atoms with E-state index in [-0.39, 0.29) is 23.5 Å². The smallest absolute Gasteiger partial charge is 0.186 e. The van der Waals surface area contributed by atoms with Crippen LogP contribution >= 0.6 is 0 Å². The first-order valence-electron chi connectivity index (χ1n) is 9.85. The molecule has 2 saturated carbocycles. The number of hydrogen-bond donors (Lipinski definition) is 5. The van der Waals surface area contributed by atoms with E-state index in [4.69, 9.17) is 14.2 Å². The van der Waals surface area contributed by atoms with Crippen LogP contribution in [0.3, 0.4) is 0 Å². The number of hydrogen-bond acceptors (Lipinski definition) is 8. The summed E-state index contributed by atoms with van der Waals surface area (Å²) in [4.78, 5) is 0. The van der Waals surface area contributed by atoms with E-state index in [1.165, 1.54) is 0 Å².